The average Bonchev–Trinajstić information content (AvgIpc) is 3.29. The predicted octanol–water partition coefficient (Wildman–Crippen LogP) is 5.96. The van der Waals surface area contributed by atoms with E-state index in [2.05, 4.69) is 32.9 Å². The van der Waals surface area contributed by atoms with Gasteiger partial charge in [-0.3, -0.25) is 4.90 Å². The van der Waals surface area contributed by atoms with E-state index in [1.165, 1.54) is 24.3 Å². The average molecular weight is 673 g/mol. The van der Waals surface area contributed by atoms with E-state index < -0.39 is 28.5 Å². The third kappa shape index (κ3) is 4.54. The fraction of sp³-hybridized carbons (Fsp3) is 0.486. The fourth-order valence-electron chi connectivity index (χ4n) is 9.20. The molecule has 2 aromatic carbocycles. The molecule has 0 amide bonds. The first kappa shape index (κ1) is 30.8. The van der Waals surface area contributed by atoms with Gasteiger partial charge >= 0.3 is 6.01 Å². The molecule has 2 N–H and O–H groups in total. The van der Waals surface area contributed by atoms with Crippen molar-refractivity contribution >= 4 is 27.5 Å². The van der Waals surface area contributed by atoms with Gasteiger partial charge in [0, 0.05) is 49.1 Å². The molecule has 12 heteroatoms. The Bertz CT molecular complexity index is 2100. The second-order valence-corrected chi connectivity index (χ2v) is 14.7. The third-order valence-electron chi connectivity index (χ3n) is 11.8. The second kappa shape index (κ2) is 10.6. The van der Waals surface area contributed by atoms with Crippen molar-refractivity contribution in [1.29, 1.82) is 0 Å². The number of phenols is 1. The summed E-state index contributed by atoms with van der Waals surface area (Å²) in [5.41, 5.74) is -0.995. The Balaban J connectivity index is 1.21. The highest BCUT2D eigenvalue weighted by molar-refractivity contribution is 6.03. The molecule has 1 aliphatic carbocycles. The van der Waals surface area contributed by atoms with Gasteiger partial charge in [0.25, 0.3) is 5.92 Å². The zero-order valence-corrected chi connectivity index (χ0v) is 27.1. The Kier molecular flexibility index (Phi) is 6.70. The normalized spacial score (nSPS) is 28.4. The molecule has 4 atom stereocenters. The summed E-state index contributed by atoms with van der Waals surface area (Å²) in [6.45, 7) is 4.66. The number of aromatic nitrogens is 3. The van der Waals surface area contributed by atoms with Crippen molar-refractivity contribution in [2.75, 3.05) is 37.7 Å². The maximum absolute atomic E-state index is 17.1. The van der Waals surface area contributed by atoms with Crippen molar-refractivity contribution in [3.05, 3.63) is 47.2 Å². The molecule has 254 valence electrons. The minimum Gasteiger partial charge on any atom is -0.508 e. The lowest BCUT2D eigenvalue weighted by Crippen LogP contribution is -2.56. The summed E-state index contributed by atoms with van der Waals surface area (Å²) in [6.07, 6.45) is 9.71. The highest BCUT2D eigenvalue weighted by Gasteiger charge is 2.77. The molecule has 0 bridgehead atoms. The standard InChI is InChI=1S/C37H36F4N6O2/c1-3-21-15-47-22(14-42-21)7-9-27-29-32(30(39)31(43-27)25-13-23(48)12-20-6-8-26(38)24(4-2)28(20)25)44-34(45-33(29)47)49-19-36-10-5-11-46(36)18-35(16-36)17-37(35,40)41/h2,6,8,12-13,21-22,42,48H,3,5,7,9-11,14-19H2,1H3/t21-,22-,35+,36+/m1/s1. The summed E-state index contributed by atoms with van der Waals surface area (Å²) in [7, 11) is 0. The van der Waals surface area contributed by atoms with Crippen molar-refractivity contribution in [3.8, 4) is 35.4 Å². The topological polar surface area (TPSA) is 86.6 Å². The monoisotopic (exact) mass is 672 g/mol. The number of halogens is 4. The number of fused-ring (bicyclic) bond motifs is 4. The summed E-state index contributed by atoms with van der Waals surface area (Å²) in [6, 6.07) is 5.72. The van der Waals surface area contributed by atoms with Gasteiger partial charge in [0.15, 0.2) is 5.82 Å². The Labute approximate surface area is 280 Å². The van der Waals surface area contributed by atoms with Gasteiger partial charge in [-0.15, -0.1) is 6.42 Å². The Morgan fingerprint density at radius 3 is 2.76 bits per heavy atom. The number of aryl methyl sites for hydroxylation is 1. The molecule has 6 heterocycles. The van der Waals surface area contributed by atoms with Gasteiger partial charge in [-0.05, 0) is 68.7 Å². The lowest BCUT2D eigenvalue weighted by Gasteiger charge is -2.40. The Morgan fingerprint density at radius 1 is 1.14 bits per heavy atom. The van der Waals surface area contributed by atoms with E-state index in [4.69, 9.17) is 21.1 Å². The number of piperazine rings is 1. The van der Waals surface area contributed by atoms with Crippen molar-refractivity contribution in [2.24, 2.45) is 5.41 Å². The van der Waals surface area contributed by atoms with Crippen LogP contribution in [0.4, 0.5) is 23.4 Å². The van der Waals surface area contributed by atoms with Crippen molar-refractivity contribution < 1.29 is 27.4 Å². The molecule has 1 spiro atoms. The number of hydrogen-bond donors (Lipinski definition) is 2. The van der Waals surface area contributed by atoms with E-state index in [0.717, 1.165) is 25.8 Å². The van der Waals surface area contributed by atoms with E-state index >= 15 is 8.78 Å². The summed E-state index contributed by atoms with van der Waals surface area (Å²) in [5.74, 6) is -1.31. The van der Waals surface area contributed by atoms with Crippen LogP contribution in [0.2, 0.25) is 0 Å². The molecule has 2 aromatic heterocycles. The molecule has 9 rings (SSSR count). The molecule has 4 aromatic rings. The van der Waals surface area contributed by atoms with E-state index in [-0.39, 0.29) is 64.6 Å². The van der Waals surface area contributed by atoms with Crippen LogP contribution in [0.5, 0.6) is 11.8 Å². The molecule has 5 aliphatic rings. The maximum atomic E-state index is 17.1. The molecule has 1 saturated carbocycles. The lowest BCUT2D eigenvalue weighted by atomic mass is 9.89. The number of nitrogens with one attached hydrogen (secondary N) is 1. The number of hydrogen-bond acceptors (Lipinski definition) is 8. The second-order valence-electron chi connectivity index (χ2n) is 14.7. The first-order chi connectivity index (χ1) is 23.5. The molecule has 49 heavy (non-hydrogen) atoms. The predicted molar refractivity (Wildman–Crippen MR) is 177 cm³/mol. The number of benzene rings is 2. The van der Waals surface area contributed by atoms with Crippen LogP contribution in [0.25, 0.3) is 32.9 Å². The van der Waals surface area contributed by atoms with Crippen molar-refractivity contribution in [1.82, 2.24) is 25.2 Å². The molecule has 3 saturated heterocycles. The third-order valence-corrected chi connectivity index (χ3v) is 11.8. The minimum absolute atomic E-state index is 0.000203. The quantitative estimate of drug-likeness (QED) is 0.199. The summed E-state index contributed by atoms with van der Waals surface area (Å²) in [4.78, 5) is 18.8. The number of nitrogens with zero attached hydrogens (tertiary/aromatic N) is 5. The first-order valence-corrected chi connectivity index (χ1v) is 17.1. The molecular weight excluding hydrogens is 636 g/mol. The number of terminal acetylenes is 1. The van der Waals surface area contributed by atoms with Crippen LogP contribution in [-0.2, 0) is 6.42 Å². The number of ether oxygens (including phenoxy) is 1. The minimum atomic E-state index is -2.67. The van der Waals surface area contributed by atoms with Crippen LogP contribution >= 0.6 is 0 Å². The number of aromatic hydroxyl groups is 1. The molecule has 4 fully saturated rings. The van der Waals surface area contributed by atoms with Crippen LogP contribution in [-0.4, -0.2) is 81.3 Å². The van der Waals surface area contributed by atoms with E-state index in [1.807, 2.05) is 0 Å². The van der Waals surface area contributed by atoms with E-state index in [1.54, 1.807) is 0 Å². The number of pyridine rings is 1. The van der Waals surface area contributed by atoms with Crippen molar-refractivity contribution in [3.63, 3.8) is 0 Å². The summed E-state index contributed by atoms with van der Waals surface area (Å²) in [5, 5.41) is 15.5. The summed E-state index contributed by atoms with van der Waals surface area (Å²) >= 11 is 0. The zero-order chi connectivity index (χ0) is 33.9. The van der Waals surface area contributed by atoms with Gasteiger partial charge < -0.3 is 20.1 Å². The largest absolute Gasteiger partial charge is 0.508 e. The van der Waals surface area contributed by atoms with E-state index in [9.17, 15) is 13.9 Å². The van der Waals surface area contributed by atoms with Crippen LogP contribution in [0.15, 0.2) is 24.3 Å². The van der Waals surface area contributed by atoms with Crippen LogP contribution in [0, 0.1) is 29.4 Å². The highest BCUT2D eigenvalue weighted by Crippen LogP contribution is 2.69. The van der Waals surface area contributed by atoms with Crippen LogP contribution in [0.1, 0.15) is 56.7 Å². The SMILES string of the molecule is C#Cc1c(F)ccc2cc(O)cc(-c3nc4c5c(nc(OC[C@@]67CCCN6C[C@@]6(CC6(F)F)C7)nc5c3F)N3C[C@@H](CC)NC[C@H]3CC4)c12. The maximum Gasteiger partial charge on any atom is 0.319 e. The van der Waals surface area contributed by atoms with Gasteiger partial charge in [0.05, 0.1) is 27.6 Å². The lowest BCUT2D eigenvalue weighted by molar-refractivity contribution is 0.0647. The van der Waals surface area contributed by atoms with Crippen LogP contribution < -0.4 is 15.0 Å². The van der Waals surface area contributed by atoms with Gasteiger partial charge in [-0.25, -0.2) is 22.5 Å². The van der Waals surface area contributed by atoms with Gasteiger partial charge in [-0.2, -0.15) is 9.97 Å². The number of alkyl halides is 2. The fourth-order valence-corrected chi connectivity index (χ4v) is 9.20. The van der Waals surface area contributed by atoms with Gasteiger partial charge in [0.1, 0.15) is 35.2 Å². The van der Waals surface area contributed by atoms with Gasteiger partial charge in [0.2, 0.25) is 0 Å². The molecular formula is C37H36F4N6O2. The highest BCUT2D eigenvalue weighted by atomic mass is 19.3. The van der Waals surface area contributed by atoms with Gasteiger partial charge in [-0.1, -0.05) is 18.9 Å². The first-order valence-electron chi connectivity index (χ1n) is 17.1. The number of anilines is 1. The molecule has 0 radical (unpaired) electrons. The zero-order valence-electron chi connectivity index (χ0n) is 27.1. The number of rotatable bonds is 5. The molecule has 4 aliphatic heterocycles. The summed E-state index contributed by atoms with van der Waals surface area (Å²) < 4.78 is 67.6. The molecule has 8 nitrogen and oxygen atoms in total. The number of phenolic OH excluding ortho intramolecular Hbond substituents is 1. The molecule has 0 unspecified atom stereocenters. The van der Waals surface area contributed by atoms with E-state index in [0.29, 0.717) is 61.2 Å². The van der Waals surface area contributed by atoms with Crippen molar-refractivity contribution in [2.45, 2.75) is 75.4 Å². The Hall–Kier alpha value is -4.21. The van der Waals surface area contributed by atoms with Crippen LogP contribution in [0.3, 0.4) is 0 Å². The smallest absolute Gasteiger partial charge is 0.319 e. The Morgan fingerprint density at radius 2 is 1.98 bits per heavy atom.